The molecule has 19 heavy (non-hydrogen) atoms. The zero-order valence-electron chi connectivity index (χ0n) is 10.4. The molecule has 0 N–H and O–H groups in total. The first kappa shape index (κ1) is 13.8. The molecule has 0 saturated carbocycles. The van der Waals surface area contributed by atoms with Gasteiger partial charge in [0, 0.05) is 7.11 Å². The Morgan fingerprint density at radius 2 is 2.00 bits per heavy atom. The van der Waals surface area contributed by atoms with Crippen LogP contribution < -0.4 is 4.74 Å². The summed E-state index contributed by atoms with van der Waals surface area (Å²) < 4.78 is 16.2. The Labute approximate surface area is 119 Å². The highest BCUT2D eigenvalue weighted by Crippen LogP contribution is 2.23. The fraction of sp³-hybridized carbons (Fsp3) is 0.214. The predicted molar refractivity (Wildman–Crippen MR) is 73.7 cm³/mol. The number of benzene rings is 1. The first-order valence-electron chi connectivity index (χ1n) is 5.73. The number of methoxy groups -OCH3 is 1. The SMILES string of the molecule is COCCOc1ccccc1C(=O)c1ccc(Br)o1. The summed E-state index contributed by atoms with van der Waals surface area (Å²) in [4.78, 5) is 12.3. The third-order valence-corrected chi connectivity index (χ3v) is 2.90. The molecule has 5 heteroatoms. The molecule has 4 nitrogen and oxygen atoms in total. The molecule has 0 spiro atoms. The summed E-state index contributed by atoms with van der Waals surface area (Å²) in [6.45, 7) is 0.859. The maximum absolute atomic E-state index is 12.3. The Bertz CT molecular complexity index is 562. The minimum atomic E-state index is -0.210. The van der Waals surface area contributed by atoms with Gasteiger partial charge in [-0.25, -0.2) is 0 Å². The quantitative estimate of drug-likeness (QED) is 0.604. The van der Waals surface area contributed by atoms with Gasteiger partial charge >= 0.3 is 0 Å². The van der Waals surface area contributed by atoms with Crippen molar-refractivity contribution in [2.24, 2.45) is 0 Å². The van der Waals surface area contributed by atoms with Crippen LogP contribution in [-0.2, 0) is 4.74 Å². The molecule has 0 unspecified atom stereocenters. The summed E-state index contributed by atoms with van der Waals surface area (Å²) in [6, 6.07) is 10.4. The van der Waals surface area contributed by atoms with E-state index in [0.717, 1.165) is 0 Å². The summed E-state index contributed by atoms with van der Waals surface area (Å²) in [5.74, 6) is 0.588. The van der Waals surface area contributed by atoms with E-state index in [-0.39, 0.29) is 11.5 Å². The monoisotopic (exact) mass is 324 g/mol. The van der Waals surface area contributed by atoms with Gasteiger partial charge in [0.25, 0.3) is 0 Å². The number of carbonyl (C=O) groups is 1. The Balaban J connectivity index is 2.21. The standard InChI is InChI=1S/C14H13BrO4/c1-17-8-9-18-11-5-3-2-4-10(11)14(16)12-6-7-13(15)19-12/h2-7H,8-9H2,1H3. The van der Waals surface area contributed by atoms with Crippen molar-refractivity contribution in [3.05, 3.63) is 52.4 Å². The van der Waals surface area contributed by atoms with E-state index in [0.29, 0.717) is 29.2 Å². The average molecular weight is 325 g/mol. The van der Waals surface area contributed by atoms with E-state index >= 15 is 0 Å². The van der Waals surface area contributed by atoms with Gasteiger partial charge < -0.3 is 13.9 Å². The zero-order chi connectivity index (χ0) is 13.7. The van der Waals surface area contributed by atoms with Gasteiger partial charge in [0.2, 0.25) is 5.78 Å². The van der Waals surface area contributed by atoms with Crippen LogP contribution in [0.15, 0.2) is 45.5 Å². The van der Waals surface area contributed by atoms with Gasteiger partial charge in [-0.2, -0.15) is 0 Å². The van der Waals surface area contributed by atoms with Crippen molar-refractivity contribution in [2.45, 2.75) is 0 Å². The van der Waals surface area contributed by atoms with Gasteiger partial charge in [-0.1, -0.05) is 12.1 Å². The van der Waals surface area contributed by atoms with Crippen molar-refractivity contribution in [2.75, 3.05) is 20.3 Å². The van der Waals surface area contributed by atoms with Crippen LogP contribution in [0, 0.1) is 0 Å². The lowest BCUT2D eigenvalue weighted by Gasteiger charge is -2.09. The van der Waals surface area contributed by atoms with Gasteiger partial charge in [-0.05, 0) is 40.2 Å². The van der Waals surface area contributed by atoms with Crippen LogP contribution in [0.1, 0.15) is 16.1 Å². The number of carbonyl (C=O) groups excluding carboxylic acids is 1. The maximum atomic E-state index is 12.3. The molecule has 0 fully saturated rings. The predicted octanol–water partition coefficient (Wildman–Crippen LogP) is 3.30. The number of halogens is 1. The van der Waals surface area contributed by atoms with E-state index < -0.39 is 0 Å². The van der Waals surface area contributed by atoms with Crippen molar-refractivity contribution < 1.29 is 18.7 Å². The highest BCUT2D eigenvalue weighted by Gasteiger charge is 2.17. The zero-order valence-corrected chi connectivity index (χ0v) is 12.0. The lowest BCUT2D eigenvalue weighted by atomic mass is 10.1. The minimum Gasteiger partial charge on any atom is -0.490 e. The second-order valence-corrected chi connectivity index (χ2v) is 4.55. The Kier molecular flexibility index (Phi) is 4.76. The molecule has 0 aliphatic carbocycles. The molecule has 2 aromatic rings. The van der Waals surface area contributed by atoms with E-state index in [1.54, 1.807) is 37.4 Å². The Hall–Kier alpha value is -1.59. The summed E-state index contributed by atoms with van der Waals surface area (Å²) in [5, 5.41) is 0. The lowest BCUT2D eigenvalue weighted by Crippen LogP contribution is -2.08. The molecule has 1 aromatic heterocycles. The van der Waals surface area contributed by atoms with Crippen molar-refractivity contribution in [1.82, 2.24) is 0 Å². The molecule has 0 saturated heterocycles. The molecule has 100 valence electrons. The minimum absolute atomic E-state index is 0.210. The lowest BCUT2D eigenvalue weighted by molar-refractivity contribution is 0.1000. The fourth-order valence-electron chi connectivity index (χ4n) is 1.58. The molecule has 0 bridgehead atoms. The van der Waals surface area contributed by atoms with Crippen molar-refractivity contribution in [3.8, 4) is 5.75 Å². The van der Waals surface area contributed by atoms with Crippen LogP contribution in [0.3, 0.4) is 0 Å². The van der Waals surface area contributed by atoms with E-state index in [9.17, 15) is 4.79 Å². The van der Waals surface area contributed by atoms with Crippen LogP contribution in [0.5, 0.6) is 5.75 Å². The maximum Gasteiger partial charge on any atom is 0.231 e. The topological polar surface area (TPSA) is 48.7 Å². The molecule has 0 aliphatic rings. The second-order valence-electron chi connectivity index (χ2n) is 3.77. The molecular weight excluding hydrogens is 312 g/mol. The Morgan fingerprint density at radius 3 is 2.68 bits per heavy atom. The van der Waals surface area contributed by atoms with Crippen LogP contribution in [0.2, 0.25) is 0 Å². The number of rotatable bonds is 6. The van der Waals surface area contributed by atoms with Crippen LogP contribution in [-0.4, -0.2) is 26.1 Å². The number of hydrogen-bond donors (Lipinski definition) is 0. The summed E-state index contributed by atoms with van der Waals surface area (Å²) in [7, 11) is 1.60. The molecule has 0 amide bonds. The van der Waals surface area contributed by atoms with Crippen molar-refractivity contribution in [1.29, 1.82) is 0 Å². The van der Waals surface area contributed by atoms with E-state index in [1.165, 1.54) is 0 Å². The van der Waals surface area contributed by atoms with Gasteiger partial charge in [0.15, 0.2) is 10.4 Å². The summed E-state index contributed by atoms with van der Waals surface area (Å²) >= 11 is 3.18. The van der Waals surface area contributed by atoms with E-state index in [1.807, 2.05) is 6.07 Å². The highest BCUT2D eigenvalue weighted by atomic mass is 79.9. The molecule has 2 rings (SSSR count). The summed E-state index contributed by atoms with van der Waals surface area (Å²) in [6.07, 6.45) is 0. The first-order chi connectivity index (χ1) is 9.22. The molecule has 1 aromatic carbocycles. The van der Waals surface area contributed by atoms with Gasteiger partial charge in [0.1, 0.15) is 12.4 Å². The number of ether oxygens (including phenoxy) is 2. The number of para-hydroxylation sites is 1. The first-order valence-corrected chi connectivity index (χ1v) is 6.52. The normalized spacial score (nSPS) is 10.4. The van der Waals surface area contributed by atoms with Crippen molar-refractivity contribution >= 4 is 21.7 Å². The largest absolute Gasteiger partial charge is 0.490 e. The van der Waals surface area contributed by atoms with Gasteiger partial charge in [0.05, 0.1) is 12.2 Å². The van der Waals surface area contributed by atoms with Gasteiger partial charge in [-0.15, -0.1) is 0 Å². The van der Waals surface area contributed by atoms with Crippen LogP contribution in [0.25, 0.3) is 0 Å². The third-order valence-electron chi connectivity index (χ3n) is 2.47. The van der Waals surface area contributed by atoms with Gasteiger partial charge in [-0.3, -0.25) is 4.79 Å². The van der Waals surface area contributed by atoms with E-state index in [2.05, 4.69) is 15.9 Å². The average Bonchev–Trinajstić information content (AvgIpc) is 2.85. The van der Waals surface area contributed by atoms with Crippen LogP contribution >= 0.6 is 15.9 Å². The number of furan rings is 1. The van der Waals surface area contributed by atoms with Crippen LogP contribution in [0.4, 0.5) is 0 Å². The molecular formula is C14H13BrO4. The molecule has 0 radical (unpaired) electrons. The van der Waals surface area contributed by atoms with Crippen molar-refractivity contribution in [3.63, 3.8) is 0 Å². The highest BCUT2D eigenvalue weighted by molar-refractivity contribution is 9.10. The molecule has 1 heterocycles. The smallest absolute Gasteiger partial charge is 0.231 e. The fourth-order valence-corrected chi connectivity index (χ4v) is 1.89. The Morgan fingerprint density at radius 1 is 1.21 bits per heavy atom. The summed E-state index contributed by atoms with van der Waals surface area (Å²) in [5.41, 5.74) is 0.473. The molecule has 0 atom stereocenters. The number of ketones is 1. The van der Waals surface area contributed by atoms with E-state index in [4.69, 9.17) is 13.9 Å². The number of hydrogen-bond acceptors (Lipinski definition) is 4. The third kappa shape index (κ3) is 3.45. The molecule has 0 aliphatic heterocycles. The second kappa shape index (κ2) is 6.54.